The second-order valence-corrected chi connectivity index (χ2v) is 9.71. The summed E-state index contributed by atoms with van der Waals surface area (Å²) in [5.74, 6) is 0.940. The number of rotatable bonds is 6. The molecule has 1 saturated heterocycles. The molecule has 1 aromatic carbocycles. The molecule has 9 heteroatoms. The van der Waals surface area contributed by atoms with E-state index < -0.39 is 10.0 Å². The van der Waals surface area contributed by atoms with Crippen LogP contribution in [0.4, 0.5) is 4.79 Å². The van der Waals surface area contributed by atoms with Gasteiger partial charge in [0.05, 0.1) is 14.2 Å². The highest BCUT2D eigenvalue weighted by molar-refractivity contribution is 7.89. The summed E-state index contributed by atoms with van der Waals surface area (Å²) in [7, 11) is -0.773. The number of sulfonamides is 1. The molecule has 1 aliphatic rings. The molecule has 2 amide bonds. The first-order chi connectivity index (χ1) is 13.1. The summed E-state index contributed by atoms with van der Waals surface area (Å²) in [5, 5.41) is 2.95. The van der Waals surface area contributed by atoms with Gasteiger partial charge in [0, 0.05) is 31.2 Å². The van der Waals surface area contributed by atoms with E-state index in [4.69, 9.17) is 9.47 Å². The molecule has 2 rings (SSSR count). The summed E-state index contributed by atoms with van der Waals surface area (Å²) in [5.41, 5.74) is -0.277. The number of methoxy groups -OCH3 is 2. The van der Waals surface area contributed by atoms with Crippen LogP contribution in [0.5, 0.6) is 11.5 Å². The smallest absolute Gasteiger partial charge is 0.317 e. The maximum atomic E-state index is 12.7. The van der Waals surface area contributed by atoms with Gasteiger partial charge in [0.1, 0.15) is 16.4 Å². The van der Waals surface area contributed by atoms with Crippen LogP contribution in [-0.4, -0.2) is 58.7 Å². The van der Waals surface area contributed by atoms with Gasteiger partial charge < -0.3 is 19.7 Å². The molecular weight excluding hydrogens is 382 g/mol. The zero-order valence-corrected chi connectivity index (χ0v) is 18.1. The lowest BCUT2D eigenvalue weighted by molar-refractivity contribution is 0.163. The van der Waals surface area contributed by atoms with Crippen molar-refractivity contribution in [2.24, 2.45) is 5.92 Å². The van der Waals surface area contributed by atoms with Crippen LogP contribution in [0, 0.1) is 5.92 Å². The zero-order valence-electron chi connectivity index (χ0n) is 17.2. The monoisotopic (exact) mass is 413 g/mol. The third kappa shape index (κ3) is 6.00. The second kappa shape index (κ2) is 9.00. The largest absolute Gasteiger partial charge is 0.497 e. The number of carbonyl (C=O) groups is 1. The van der Waals surface area contributed by atoms with Crippen molar-refractivity contribution in [1.82, 2.24) is 14.9 Å². The highest BCUT2D eigenvalue weighted by Crippen LogP contribution is 2.28. The molecule has 0 aromatic heterocycles. The van der Waals surface area contributed by atoms with E-state index in [1.807, 2.05) is 20.8 Å². The van der Waals surface area contributed by atoms with Gasteiger partial charge >= 0.3 is 6.03 Å². The highest BCUT2D eigenvalue weighted by atomic mass is 32.2. The Hall–Kier alpha value is -2.00. The molecule has 8 nitrogen and oxygen atoms in total. The Kier molecular flexibility index (Phi) is 7.16. The summed E-state index contributed by atoms with van der Waals surface area (Å²) < 4.78 is 38.3. The van der Waals surface area contributed by atoms with Crippen LogP contribution in [0.25, 0.3) is 0 Å². The Labute approximate surface area is 167 Å². The van der Waals surface area contributed by atoms with E-state index in [0.29, 0.717) is 25.4 Å². The molecular formula is C19H31N3O5S. The van der Waals surface area contributed by atoms with Gasteiger partial charge in [-0.25, -0.2) is 17.9 Å². The lowest BCUT2D eigenvalue weighted by Gasteiger charge is -2.34. The van der Waals surface area contributed by atoms with Crippen LogP contribution < -0.4 is 19.5 Å². The molecule has 0 atom stereocenters. The molecule has 158 valence electrons. The van der Waals surface area contributed by atoms with Crippen LogP contribution in [0.3, 0.4) is 0 Å². The summed E-state index contributed by atoms with van der Waals surface area (Å²) in [6.45, 7) is 7.38. The van der Waals surface area contributed by atoms with Gasteiger partial charge in [-0.05, 0) is 51.7 Å². The number of piperidine rings is 1. The molecule has 1 fully saturated rings. The minimum absolute atomic E-state index is 0.0745. The fourth-order valence-electron chi connectivity index (χ4n) is 3.04. The summed E-state index contributed by atoms with van der Waals surface area (Å²) in [6, 6.07) is 4.53. The van der Waals surface area contributed by atoms with Crippen molar-refractivity contribution in [1.29, 1.82) is 0 Å². The number of nitrogens with zero attached hydrogens (tertiary/aromatic N) is 1. The quantitative estimate of drug-likeness (QED) is 0.745. The minimum Gasteiger partial charge on any atom is -0.497 e. The minimum atomic E-state index is -3.70. The van der Waals surface area contributed by atoms with Gasteiger partial charge in [-0.1, -0.05) is 0 Å². The topological polar surface area (TPSA) is 97.0 Å². The van der Waals surface area contributed by atoms with Crippen molar-refractivity contribution in [3.8, 4) is 11.5 Å². The van der Waals surface area contributed by atoms with E-state index in [-0.39, 0.29) is 28.1 Å². The fourth-order valence-corrected chi connectivity index (χ4v) is 4.31. The van der Waals surface area contributed by atoms with E-state index in [0.717, 1.165) is 12.8 Å². The van der Waals surface area contributed by atoms with E-state index in [1.165, 1.54) is 20.3 Å². The van der Waals surface area contributed by atoms with Crippen molar-refractivity contribution in [2.75, 3.05) is 33.9 Å². The predicted octanol–water partition coefficient (Wildman–Crippen LogP) is 2.20. The van der Waals surface area contributed by atoms with Crippen molar-refractivity contribution < 1.29 is 22.7 Å². The highest BCUT2D eigenvalue weighted by Gasteiger charge is 2.27. The van der Waals surface area contributed by atoms with Gasteiger partial charge in [0.2, 0.25) is 10.0 Å². The Morgan fingerprint density at radius 1 is 1.18 bits per heavy atom. The standard InChI is InChI=1S/C19H31N3O5S/c1-19(2,3)21-18(23)22-10-8-14(9-11-22)13-20-28(24,25)17-7-6-15(26-4)12-16(17)27-5/h6-7,12,14,20H,8-11,13H2,1-5H3,(H,21,23). The first-order valence-corrected chi connectivity index (χ1v) is 10.8. The number of amides is 2. The third-order valence-electron chi connectivity index (χ3n) is 4.61. The average molecular weight is 414 g/mol. The van der Waals surface area contributed by atoms with Gasteiger partial charge in [0.25, 0.3) is 0 Å². The lowest BCUT2D eigenvalue weighted by atomic mass is 9.97. The average Bonchev–Trinajstić information content (AvgIpc) is 2.64. The number of carbonyl (C=O) groups excluding carboxylic acids is 1. The van der Waals surface area contributed by atoms with E-state index in [1.54, 1.807) is 17.0 Å². The lowest BCUT2D eigenvalue weighted by Crippen LogP contribution is -2.51. The molecule has 1 aliphatic heterocycles. The van der Waals surface area contributed by atoms with E-state index >= 15 is 0 Å². The Morgan fingerprint density at radius 2 is 1.82 bits per heavy atom. The van der Waals surface area contributed by atoms with Crippen molar-refractivity contribution in [3.63, 3.8) is 0 Å². The van der Waals surface area contributed by atoms with Crippen LogP contribution in [0.15, 0.2) is 23.1 Å². The fraction of sp³-hybridized carbons (Fsp3) is 0.632. The molecule has 1 aromatic rings. The Bertz CT molecular complexity index is 781. The number of hydrogen-bond acceptors (Lipinski definition) is 5. The number of hydrogen-bond donors (Lipinski definition) is 2. The summed E-state index contributed by atoms with van der Waals surface area (Å²) in [4.78, 5) is 14.1. The van der Waals surface area contributed by atoms with E-state index in [2.05, 4.69) is 10.0 Å². The number of likely N-dealkylation sites (tertiary alicyclic amines) is 1. The zero-order chi connectivity index (χ0) is 20.9. The first kappa shape index (κ1) is 22.3. The van der Waals surface area contributed by atoms with Crippen LogP contribution >= 0.6 is 0 Å². The number of nitrogens with one attached hydrogen (secondary N) is 2. The molecule has 0 bridgehead atoms. The molecule has 0 aliphatic carbocycles. The molecule has 28 heavy (non-hydrogen) atoms. The van der Waals surface area contributed by atoms with Gasteiger partial charge in [0.15, 0.2) is 0 Å². The number of urea groups is 1. The van der Waals surface area contributed by atoms with Crippen LogP contribution in [0.1, 0.15) is 33.6 Å². The SMILES string of the molecule is COc1ccc(S(=O)(=O)NCC2CCN(C(=O)NC(C)(C)C)CC2)c(OC)c1. The van der Waals surface area contributed by atoms with Gasteiger partial charge in [-0.3, -0.25) is 0 Å². The van der Waals surface area contributed by atoms with Gasteiger partial charge in [-0.15, -0.1) is 0 Å². The summed E-state index contributed by atoms with van der Waals surface area (Å²) in [6.07, 6.45) is 1.50. The molecule has 0 radical (unpaired) electrons. The molecule has 1 heterocycles. The normalized spacial score (nSPS) is 16.0. The Balaban J connectivity index is 1.92. The van der Waals surface area contributed by atoms with Crippen LogP contribution in [-0.2, 0) is 10.0 Å². The van der Waals surface area contributed by atoms with Crippen molar-refractivity contribution in [3.05, 3.63) is 18.2 Å². The summed E-state index contributed by atoms with van der Waals surface area (Å²) >= 11 is 0. The molecule has 0 saturated carbocycles. The maximum Gasteiger partial charge on any atom is 0.317 e. The predicted molar refractivity (Wildman–Crippen MR) is 107 cm³/mol. The van der Waals surface area contributed by atoms with Gasteiger partial charge in [-0.2, -0.15) is 0 Å². The van der Waals surface area contributed by atoms with E-state index in [9.17, 15) is 13.2 Å². The third-order valence-corrected chi connectivity index (χ3v) is 6.07. The molecule has 0 unspecified atom stereocenters. The van der Waals surface area contributed by atoms with Crippen molar-refractivity contribution >= 4 is 16.1 Å². The Morgan fingerprint density at radius 3 is 2.36 bits per heavy atom. The number of ether oxygens (including phenoxy) is 2. The molecule has 0 spiro atoms. The first-order valence-electron chi connectivity index (χ1n) is 9.34. The van der Waals surface area contributed by atoms with Crippen LogP contribution in [0.2, 0.25) is 0 Å². The maximum absolute atomic E-state index is 12.7. The number of benzene rings is 1. The second-order valence-electron chi connectivity index (χ2n) is 7.98. The molecule has 2 N–H and O–H groups in total. The van der Waals surface area contributed by atoms with Crippen molar-refractivity contribution in [2.45, 2.75) is 44.0 Å².